The number of aliphatic hydroxyl groups excluding tert-OH is 1. The van der Waals surface area contributed by atoms with Crippen LogP contribution in [0.15, 0.2) is 40.9 Å². The van der Waals surface area contributed by atoms with Crippen molar-refractivity contribution in [2.45, 2.75) is 13.0 Å². The molecule has 100 valence electrons. The Hall–Kier alpha value is -1.10. The SMILES string of the molecule is CC(O)c1ccc(Oc2cccc(Cl)c2F)c(Br)c1. The Morgan fingerprint density at radius 2 is 2.00 bits per heavy atom. The van der Waals surface area contributed by atoms with Crippen molar-refractivity contribution in [3.05, 3.63) is 57.3 Å². The smallest absolute Gasteiger partial charge is 0.184 e. The van der Waals surface area contributed by atoms with Crippen molar-refractivity contribution in [2.24, 2.45) is 0 Å². The van der Waals surface area contributed by atoms with Gasteiger partial charge in [-0.2, -0.15) is 0 Å². The fraction of sp³-hybridized carbons (Fsp3) is 0.143. The molecule has 2 rings (SSSR count). The average molecular weight is 346 g/mol. The average Bonchev–Trinajstić information content (AvgIpc) is 2.37. The predicted octanol–water partition coefficient (Wildman–Crippen LogP) is 5.09. The lowest BCUT2D eigenvalue weighted by Gasteiger charge is -2.11. The normalized spacial score (nSPS) is 12.3. The summed E-state index contributed by atoms with van der Waals surface area (Å²) in [6.07, 6.45) is -0.576. The summed E-state index contributed by atoms with van der Waals surface area (Å²) in [6, 6.07) is 9.66. The molecule has 0 bridgehead atoms. The highest BCUT2D eigenvalue weighted by Crippen LogP contribution is 2.34. The van der Waals surface area contributed by atoms with E-state index in [2.05, 4.69) is 15.9 Å². The summed E-state index contributed by atoms with van der Waals surface area (Å²) < 4.78 is 19.8. The quantitative estimate of drug-likeness (QED) is 0.840. The Kier molecular flexibility index (Phi) is 4.45. The van der Waals surface area contributed by atoms with Gasteiger partial charge >= 0.3 is 0 Å². The van der Waals surface area contributed by atoms with Crippen molar-refractivity contribution < 1.29 is 14.2 Å². The molecular weight excluding hydrogens is 335 g/mol. The molecule has 5 heteroatoms. The summed E-state index contributed by atoms with van der Waals surface area (Å²) in [5.74, 6) is -0.0979. The van der Waals surface area contributed by atoms with Gasteiger partial charge in [-0.3, -0.25) is 0 Å². The molecule has 0 aromatic heterocycles. The van der Waals surface area contributed by atoms with Gasteiger partial charge in [-0.15, -0.1) is 0 Å². The zero-order valence-electron chi connectivity index (χ0n) is 10.0. The van der Waals surface area contributed by atoms with Crippen LogP contribution in [-0.4, -0.2) is 5.11 Å². The number of ether oxygens (including phenoxy) is 1. The highest BCUT2D eigenvalue weighted by Gasteiger charge is 2.11. The summed E-state index contributed by atoms with van der Waals surface area (Å²) in [5.41, 5.74) is 0.741. The largest absolute Gasteiger partial charge is 0.453 e. The van der Waals surface area contributed by atoms with Crippen molar-refractivity contribution in [3.8, 4) is 11.5 Å². The maximum Gasteiger partial charge on any atom is 0.184 e. The maximum atomic E-state index is 13.7. The zero-order valence-corrected chi connectivity index (χ0v) is 12.4. The molecule has 1 unspecified atom stereocenters. The van der Waals surface area contributed by atoms with E-state index in [9.17, 15) is 9.50 Å². The van der Waals surface area contributed by atoms with Crippen molar-refractivity contribution in [2.75, 3.05) is 0 Å². The number of benzene rings is 2. The van der Waals surface area contributed by atoms with Crippen LogP contribution < -0.4 is 4.74 Å². The molecule has 0 aliphatic carbocycles. The van der Waals surface area contributed by atoms with Gasteiger partial charge in [0.2, 0.25) is 0 Å². The van der Waals surface area contributed by atoms with Crippen LogP contribution in [0.3, 0.4) is 0 Å². The van der Waals surface area contributed by atoms with E-state index in [1.165, 1.54) is 12.1 Å². The van der Waals surface area contributed by atoms with Crippen LogP contribution in [0, 0.1) is 5.82 Å². The third-order valence-corrected chi connectivity index (χ3v) is 3.49. The van der Waals surface area contributed by atoms with Crippen molar-refractivity contribution >= 4 is 27.5 Å². The first-order valence-electron chi connectivity index (χ1n) is 5.58. The first-order chi connectivity index (χ1) is 8.99. The Labute approximate surface area is 123 Å². The van der Waals surface area contributed by atoms with Gasteiger partial charge in [-0.05, 0) is 52.7 Å². The molecule has 0 aliphatic rings. The number of hydrogen-bond donors (Lipinski definition) is 1. The van der Waals surface area contributed by atoms with Gasteiger partial charge in [0, 0.05) is 0 Å². The van der Waals surface area contributed by atoms with E-state index in [4.69, 9.17) is 16.3 Å². The fourth-order valence-corrected chi connectivity index (χ4v) is 2.18. The third kappa shape index (κ3) is 3.26. The van der Waals surface area contributed by atoms with Gasteiger partial charge in [0.15, 0.2) is 11.6 Å². The second-order valence-electron chi connectivity index (χ2n) is 4.02. The van der Waals surface area contributed by atoms with Crippen LogP contribution in [0.2, 0.25) is 5.02 Å². The summed E-state index contributed by atoms with van der Waals surface area (Å²) >= 11 is 9.01. The summed E-state index contributed by atoms with van der Waals surface area (Å²) in [7, 11) is 0. The molecule has 0 amide bonds. The van der Waals surface area contributed by atoms with Crippen LogP contribution in [0.1, 0.15) is 18.6 Å². The molecule has 0 aliphatic heterocycles. The van der Waals surface area contributed by atoms with Gasteiger partial charge in [-0.25, -0.2) is 4.39 Å². The molecule has 0 radical (unpaired) electrons. The lowest BCUT2D eigenvalue weighted by Crippen LogP contribution is -1.93. The minimum Gasteiger partial charge on any atom is -0.453 e. The molecule has 0 saturated heterocycles. The molecule has 0 fully saturated rings. The van der Waals surface area contributed by atoms with Crippen molar-refractivity contribution in [1.82, 2.24) is 0 Å². The highest BCUT2D eigenvalue weighted by molar-refractivity contribution is 9.10. The second-order valence-corrected chi connectivity index (χ2v) is 5.28. The lowest BCUT2D eigenvalue weighted by atomic mass is 10.1. The zero-order chi connectivity index (χ0) is 14.0. The van der Waals surface area contributed by atoms with E-state index in [1.807, 2.05) is 0 Å². The lowest BCUT2D eigenvalue weighted by molar-refractivity contribution is 0.199. The topological polar surface area (TPSA) is 29.5 Å². The monoisotopic (exact) mass is 344 g/mol. The van der Waals surface area contributed by atoms with Crippen LogP contribution in [-0.2, 0) is 0 Å². The predicted molar refractivity (Wildman–Crippen MR) is 76.3 cm³/mol. The molecule has 19 heavy (non-hydrogen) atoms. The van der Waals surface area contributed by atoms with Gasteiger partial charge in [0.1, 0.15) is 5.75 Å². The van der Waals surface area contributed by atoms with E-state index in [1.54, 1.807) is 31.2 Å². The van der Waals surface area contributed by atoms with Gasteiger partial charge in [0.25, 0.3) is 0 Å². The van der Waals surface area contributed by atoms with Crippen LogP contribution in [0.25, 0.3) is 0 Å². The first-order valence-corrected chi connectivity index (χ1v) is 6.75. The molecule has 0 heterocycles. The van der Waals surface area contributed by atoms with E-state index in [-0.39, 0.29) is 10.8 Å². The summed E-state index contributed by atoms with van der Waals surface area (Å²) in [6.45, 7) is 1.67. The second kappa shape index (κ2) is 5.90. The number of rotatable bonds is 3. The van der Waals surface area contributed by atoms with Gasteiger partial charge < -0.3 is 9.84 Å². The van der Waals surface area contributed by atoms with Crippen molar-refractivity contribution in [1.29, 1.82) is 0 Å². The minimum absolute atomic E-state index is 0.00854. The minimum atomic E-state index is -0.601. The third-order valence-electron chi connectivity index (χ3n) is 2.57. The molecule has 2 aromatic rings. The Morgan fingerprint density at radius 3 is 2.63 bits per heavy atom. The summed E-state index contributed by atoms with van der Waals surface area (Å²) in [4.78, 5) is 0. The molecule has 0 spiro atoms. The maximum absolute atomic E-state index is 13.7. The molecule has 1 N–H and O–H groups in total. The Morgan fingerprint density at radius 1 is 1.26 bits per heavy atom. The fourth-order valence-electron chi connectivity index (χ4n) is 1.54. The van der Waals surface area contributed by atoms with E-state index >= 15 is 0 Å². The molecule has 1 atom stereocenters. The first kappa shape index (κ1) is 14.3. The van der Waals surface area contributed by atoms with E-state index < -0.39 is 11.9 Å². The van der Waals surface area contributed by atoms with E-state index in [0.29, 0.717) is 10.2 Å². The molecule has 2 nitrogen and oxygen atoms in total. The number of aliphatic hydroxyl groups is 1. The highest BCUT2D eigenvalue weighted by atomic mass is 79.9. The number of hydrogen-bond acceptors (Lipinski definition) is 2. The molecule has 2 aromatic carbocycles. The van der Waals surface area contributed by atoms with Crippen molar-refractivity contribution in [3.63, 3.8) is 0 Å². The molecular formula is C14H11BrClFO2. The van der Waals surface area contributed by atoms with Gasteiger partial charge in [-0.1, -0.05) is 23.7 Å². The van der Waals surface area contributed by atoms with Crippen LogP contribution in [0.5, 0.6) is 11.5 Å². The van der Waals surface area contributed by atoms with Crippen LogP contribution in [0.4, 0.5) is 4.39 Å². The Bertz CT molecular complexity index is 602. The number of halogens is 3. The van der Waals surface area contributed by atoms with Crippen LogP contribution >= 0.6 is 27.5 Å². The standard InChI is InChI=1S/C14H11BrClFO2/c1-8(18)9-5-6-12(10(15)7-9)19-13-4-2-3-11(16)14(13)17/h2-8,18H,1H3. The van der Waals surface area contributed by atoms with Gasteiger partial charge in [0.05, 0.1) is 15.6 Å². The Balaban J connectivity index is 2.31. The van der Waals surface area contributed by atoms with E-state index in [0.717, 1.165) is 5.56 Å². The summed E-state index contributed by atoms with van der Waals surface area (Å²) in [5, 5.41) is 9.48. The molecule has 0 saturated carbocycles.